The van der Waals surface area contributed by atoms with Crippen molar-refractivity contribution in [2.45, 2.75) is 38.6 Å². The molecule has 9 nitrogen and oxygen atoms in total. The Balaban J connectivity index is 1.66. The van der Waals surface area contributed by atoms with Crippen LogP contribution in [0.5, 0.6) is 5.75 Å². The van der Waals surface area contributed by atoms with Gasteiger partial charge < -0.3 is 10.1 Å². The Morgan fingerprint density at radius 2 is 2.00 bits per heavy atom. The molecule has 0 radical (unpaired) electrons. The Hall–Kier alpha value is -3.01. The van der Waals surface area contributed by atoms with Gasteiger partial charge in [0.25, 0.3) is 5.91 Å². The van der Waals surface area contributed by atoms with Crippen LogP contribution in [0.1, 0.15) is 37.3 Å². The van der Waals surface area contributed by atoms with E-state index < -0.39 is 29.9 Å². The SMILES string of the molecule is CCCCc1nnc(NC(=O)CN2C(=O)NC(C)(c3ccc(OC)cc3)C2=O)s1. The van der Waals surface area contributed by atoms with Crippen molar-refractivity contribution in [3.05, 3.63) is 34.8 Å². The molecule has 1 unspecified atom stereocenters. The number of carbonyl (C=O) groups is 3. The predicted octanol–water partition coefficient (Wildman–Crippen LogP) is 2.29. The first-order chi connectivity index (χ1) is 13.9. The molecule has 2 N–H and O–H groups in total. The van der Waals surface area contributed by atoms with Crippen LogP contribution >= 0.6 is 11.3 Å². The fourth-order valence-electron chi connectivity index (χ4n) is 3.00. The van der Waals surface area contributed by atoms with Gasteiger partial charge in [-0.1, -0.05) is 36.8 Å². The lowest BCUT2D eigenvalue weighted by Gasteiger charge is -2.22. The number of hydrogen-bond acceptors (Lipinski definition) is 7. The number of aryl methyl sites for hydroxylation is 1. The van der Waals surface area contributed by atoms with Crippen LogP contribution in [0, 0.1) is 0 Å². The fourth-order valence-corrected chi connectivity index (χ4v) is 3.79. The highest BCUT2D eigenvalue weighted by molar-refractivity contribution is 7.15. The fraction of sp³-hybridized carbons (Fsp3) is 0.421. The molecule has 29 heavy (non-hydrogen) atoms. The largest absolute Gasteiger partial charge is 0.497 e. The molecule has 1 aromatic heterocycles. The minimum Gasteiger partial charge on any atom is -0.497 e. The Morgan fingerprint density at radius 3 is 2.66 bits per heavy atom. The Kier molecular flexibility index (Phi) is 6.12. The first-order valence-corrected chi connectivity index (χ1v) is 10.1. The molecule has 10 heteroatoms. The molecule has 0 aliphatic carbocycles. The highest BCUT2D eigenvalue weighted by atomic mass is 32.1. The number of anilines is 1. The molecule has 1 fully saturated rings. The maximum atomic E-state index is 12.9. The third kappa shape index (κ3) is 4.37. The molecule has 4 amide bonds. The Labute approximate surface area is 172 Å². The molecular formula is C19H23N5O4S. The first-order valence-electron chi connectivity index (χ1n) is 9.28. The average Bonchev–Trinajstić information content (AvgIpc) is 3.24. The second-order valence-electron chi connectivity index (χ2n) is 6.83. The van der Waals surface area contributed by atoms with E-state index >= 15 is 0 Å². The predicted molar refractivity (Wildman–Crippen MR) is 108 cm³/mol. The average molecular weight is 417 g/mol. The normalized spacial score (nSPS) is 18.7. The van der Waals surface area contributed by atoms with Crippen molar-refractivity contribution in [2.75, 3.05) is 19.0 Å². The van der Waals surface area contributed by atoms with E-state index in [0.717, 1.165) is 29.2 Å². The van der Waals surface area contributed by atoms with Crippen LogP contribution in [0.15, 0.2) is 24.3 Å². The first kappa shape index (κ1) is 20.7. The molecule has 0 saturated carbocycles. The molecule has 1 atom stereocenters. The topological polar surface area (TPSA) is 114 Å². The van der Waals surface area contributed by atoms with E-state index in [4.69, 9.17) is 4.74 Å². The number of imide groups is 1. The molecule has 3 rings (SSSR count). The lowest BCUT2D eigenvalue weighted by atomic mass is 9.92. The van der Waals surface area contributed by atoms with Gasteiger partial charge in [0.05, 0.1) is 7.11 Å². The lowest BCUT2D eigenvalue weighted by Crippen LogP contribution is -2.42. The standard InChI is InChI=1S/C19H23N5O4S/c1-4-5-6-15-22-23-17(29-15)20-14(25)11-24-16(26)19(2,21-18(24)27)12-7-9-13(28-3)10-8-12/h7-10H,4-6,11H2,1-3H3,(H,21,27)(H,20,23,25). The van der Waals surface area contributed by atoms with E-state index in [1.54, 1.807) is 38.3 Å². The second-order valence-corrected chi connectivity index (χ2v) is 7.89. The number of methoxy groups -OCH3 is 1. The van der Waals surface area contributed by atoms with Crippen LogP contribution in [0.4, 0.5) is 9.93 Å². The van der Waals surface area contributed by atoms with Crippen molar-refractivity contribution in [2.24, 2.45) is 0 Å². The highest BCUT2D eigenvalue weighted by Crippen LogP contribution is 2.30. The van der Waals surface area contributed by atoms with Crippen LogP contribution in [0.25, 0.3) is 0 Å². The smallest absolute Gasteiger partial charge is 0.325 e. The zero-order valence-electron chi connectivity index (χ0n) is 16.5. The summed E-state index contributed by atoms with van der Waals surface area (Å²) in [5, 5.41) is 14.4. The number of nitrogens with one attached hydrogen (secondary N) is 2. The summed E-state index contributed by atoms with van der Waals surface area (Å²) in [7, 11) is 1.55. The number of benzene rings is 1. The zero-order chi connectivity index (χ0) is 21.0. The van der Waals surface area contributed by atoms with Crippen LogP contribution in [-0.4, -0.2) is 46.6 Å². The summed E-state index contributed by atoms with van der Waals surface area (Å²) in [6.45, 7) is 3.29. The lowest BCUT2D eigenvalue weighted by molar-refractivity contribution is -0.133. The Morgan fingerprint density at radius 1 is 1.28 bits per heavy atom. The monoisotopic (exact) mass is 417 g/mol. The molecule has 1 saturated heterocycles. The van der Waals surface area contributed by atoms with Gasteiger partial charge in [-0.2, -0.15) is 0 Å². The number of amides is 4. The van der Waals surface area contributed by atoms with E-state index in [9.17, 15) is 14.4 Å². The molecule has 1 aromatic carbocycles. The van der Waals surface area contributed by atoms with Gasteiger partial charge >= 0.3 is 6.03 Å². The van der Waals surface area contributed by atoms with Crippen molar-refractivity contribution in [1.82, 2.24) is 20.4 Å². The van der Waals surface area contributed by atoms with Crippen LogP contribution < -0.4 is 15.4 Å². The van der Waals surface area contributed by atoms with E-state index in [1.807, 2.05) is 0 Å². The quantitative estimate of drug-likeness (QED) is 0.637. The number of aromatic nitrogens is 2. The van der Waals surface area contributed by atoms with E-state index in [-0.39, 0.29) is 0 Å². The van der Waals surface area contributed by atoms with E-state index in [1.165, 1.54) is 11.3 Å². The number of nitrogens with zero attached hydrogens (tertiary/aromatic N) is 3. The maximum Gasteiger partial charge on any atom is 0.325 e. The van der Waals surface area contributed by atoms with Gasteiger partial charge in [0, 0.05) is 6.42 Å². The van der Waals surface area contributed by atoms with Gasteiger partial charge in [-0.05, 0) is 31.0 Å². The summed E-state index contributed by atoms with van der Waals surface area (Å²) in [4.78, 5) is 38.5. The summed E-state index contributed by atoms with van der Waals surface area (Å²) in [6.07, 6.45) is 2.84. The summed E-state index contributed by atoms with van der Waals surface area (Å²) < 4.78 is 5.12. The van der Waals surface area contributed by atoms with Crippen molar-refractivity contribution in [3.8, 4) is 5.75 Å². The molecule has 0 spiro atoms. The van der Waals surface area contributed by atoms with Gasteiger partial charge in [-0.3, -0.25) is 19.8 Å². The zero-order valence-corrected chi connectivity index (χ0v) is 17.3. The summed E-state index contributed by atoms with van der Waals surface area (Å²) in [5.74, 6) is -0.366. The van der Waals surface area contributed by atoms with Crippen molar-refractivity contribution in [1.29, 1.82) is 0 Å². The number of urea groups is 1. The van der Waals surface area contributed by atoms with Crippen molar-refractivity contribution >= 4 is 34.3 Å². The van der Waals surface area contributed by atoms with Crippen LogP contribution in [0.2, 0.25) is 0 Å². The summed E-state index contributed by atoms with van der Waals surface area (Å²) in [6, 6.07) is 6.21. The molecule has 154 valence electrons. The number of ether oxygens (including phenoxy) is 1. The summed E-state index contributed by atoms with van der Waals surface area (Å²) in [5.41, 5.74) is -0.649. The molecule has 0 bridgehead atoms. The van der Waals surface area contributed by atoms with Gasteiger partial charge in [0.1, 0.15) is 22.8 Å². The third-order valence-electron chi connectivity index (χ3n) is 4.70. The van der Waals surface area contributed by atoms with Crippen molar-refractivity contribution < 1.29 is 19.1 Å². The molecule has 2 aromatic rings. The molecule has 1 aliphatic heterocycles. The number of hydrogen-bond donors (Lipinski definition) is 2. The minimum atomic E-state index is -1.25. The van der Waals surface area contributed by atoms with Crippen LogP contribution in [0.3, 0.4) is 0 Å². The molecule has 1 aliphatic rings. The van der Waals surface area contributed by atoms with Crippen molar-refractivity contribution in [3.63, 3.8) is 0 Å². The van der Waals surface area contributed by atoms with Gasteiger partial charge in [0.15, 0.2) is 0 Å². The molecule has 2 heterocycles. The third-order valence-corrected chi connectivity index (χ3v) is 5.60. The van der Waals surface area contributed by atoms with Gasteiger partial charge in [-0.15, -0.1) is 10.2 Å². The second kappa shape index (κ2) is 8.56. The Bertz CT molecular complexity index is 914. The minimum absolute atomic E-state index is 0.353. The summed E-state index contributed by atoms with van der Waals surface area (Å²) >= 11 is 1.29. The number of rotatable bonds is 8. The maximum absolute atomic E-state index is 12.9. The van der Waals surface area contributed by atoms with Gasteiger partial charge in [-0.25, -0.2) is 4.79 Å². The van der Waals surface area contributed by atoms with E-state index in [2.05, 4.69) is 27.8 Å². The highest BCUT2D eigenvalue weighted by Gasteiger charge is 2.49. The molecular weight excluding hydrogens is 394 g/mol. The number of carbonyl (C=O) groups excluding carboxylic acids is 3. The van der Waals surface area contributed by atoms with Crippen LogP contribution in [-0.2, 0) is 21.5 Å². The number of unbranched alkanes of at least 4 members (excludes halogenated alkanes) is 1. The van der Waals surface area contributed by atoms with Gasteiger partial charge in [0.2, 0.25) is 11.0 Å². The van der Waals surface area contributed by atoms with E-state index in [0.29, 0.717) is 16.4 Å².